The molecule has 1 unspecified atom stereocenters. The van der Waals surface area contributed by atoms with Crippen LogP contribution < -0.4 is 20.7 Å². The minimum absolute atomic E-state index is 0.191. The van der Waals surface area contributed by atoms with Crippen molar-refractivity contribution in [2.24, 2.45) is 5.73 Å². The lowest BCUT2D eigenvalue weighted by Crippen LogP contribution is -2.42. The molecule has 0 saturated carbocycles. The zero-order valence-electron chi connectivity index (χ0n) is 13.8. The van der Waals surface area contributed by atoms with E-state index in [1.54, 1.807) is 50.4 Å². The number of para-hydroxylation sites is 1. The molecule has 2 aromatic rings. The summed E-state index contributed by atoms with van der Waals surface area (Å²) in [7, 11) is 1.63. The third kappa shape index (κ3) is 3.03. The maximum Gasteiger partial charge on any atom is 0.267 e. The Hall–Kier alpha value is -3.35. The van der Waals surface area contributed by atoms with E-state index in [0.29, 0.717) is 22.7 Å². The second-order valence-corrected chi connectivity index (χ2v) is 5.70. The molecule has 3 N–H and O–H groups in total. The molecular weight excluding hydrogens is 322 g/mol. The lowest BCUT2D eigenvalue weighted by atomic mass is 10.1. The van der Waals surface area contributed by atoms with E-state index in [-0.39, 0.29) is 11.5 Å². The van der Waals surface area contributed by atoms with Gasteiger partial charge < -0.3 is 20.7 Å². The summed E-state index contributed by atoms with van der Waals surface area (Å²) >= 11 is 0. The van der Waals surface area contributed by atoms with Crippen LogP contribution in [0.15, 0.2) is 42.5 Å². The first-order valence-corrected chi connectivity index (χ1v) is 7.67. The van der Waals surface area contributed by atoms with Crippen LogP contribution in [-0.4, -0.2) is 30.9 Å². The molecule has 0 aromatic heterocycles. The number of carbonyl (C=O) groups excluding carboxylic acids is 3. The number of fused-ring (bicyclic) bond motifs is 1. The summed E-state index contributed by atoms with van der Waals surface area (Å²) < 4.78 is 5.53. The molecule has 0 fully saturated rings. The van der Waals surface area contributed by atoms with Crippen molar-refractivity contribution >= 4 is 29.1 Å². The van der Waals surface area contributed by atoms with E-state index < -0.39 is 17.9 Å². The van der Waals surface area contributed by atoms with Gasteiger partial charge in [-0.05, 0) is 37.3 Å². The van der Waals surface area contributed by atoms with Gasteiger partial charge >= 0.3 is 0 Å². The molecular formula is C18H17N3O4. The van der Waals surface area contributed by atoms with Crippen molar-refractivity contribution in [2.45, 2.75) is 13.0 Å². The Morgan fingerprint density at radius 3 is 2.64 bits per heavy atom. The summed E-state index contributed by atoms with van der Waals surface area (Å²) in [5, 5.41) is 2.67. The number of nitrogens with one attached hydrogen (secondary N) is 1. The molecule has 1 aliphatic rings. The summed E-state index contributed by atoms with van der Waals surface area (Å²) in [6.07, 6.45) is -0.570. The molecule has 0 aliphatic carbocycles. The normalized spacial score (nSPS) is 16.0. The maximum atomic E-state index is 12.5. The Balaban J connectivity index is 1.90. The quantitative estimate of drug-likeness (QED) is 0.890. The van der Waals surface area contributed by atoms with E-state index in [2.05, 4.69) is 5.32 Å². The van der Waals surface area contributed by atoms with E-state index in [1.807, 2.05) is 0 Å². The number of ether oxygens (including phenoxy) is 1. The average Bonchev–Trinajstić information content (AvgIpc) is 2.60. The number of nitrogens with zero attached hydrogens (tertiary/aromatic N) is 1. The number of nitrogens with two attached hydrogens (primary N) is 1. The molecule has 1 heterocycles. The highest BCUT2D eigenvalue weighted by Crippen LogP contribution is 2.34. The molecule has 7 nitrogen and oxygen atoms in total. The van der Waals surface area contributed by atoms with Gasteiger partial charge in [-0.15, -0.1) is 0 Å². The minimum Gasteiger partial charge on any atom is -0.479 e. The van der Waals surface area contributed by atoms with E-state index >= 15 is 0 Å². The van der Waals surface area contributed by atoms with Gasteiger partial charge in [0, 0.05) is 12.6 Å². The zero-order valence-corrected chi connectivity index (χ0v) is 13.8. The van der Waals surface area contributed by atoms with Crippen molar-refractivity contribution in [1.29, 1.82) is 0 Å². The highest BCUT2D eigenvalue weighted by atomic mass is 16.5. The Bertz CT molecular complexity index is 878. The van der Waals surface area contributed by atoms with Gasteiger partial charge in [-0.2, -0.15) is 0 Å². The Kier molecular flexibility index (Phi) is 4.14. The zero-order chi connectivity index (χ0) is 18.1. The summed E-state index contributed by atoms with van der Waals surface area (Å²) in [5.74, 6) is -0.710. The molecule has 0 saturated heterocycles. The number of hydrogen-bond acceptors (Lipinski definition) is 4. The second kappa shape index (κ2) is 6.27. The number of primary amides is 1. The van der Waals surface area contributed by atoms with Gasteiger partial charge in [0.1, 0.15) is 5.75 Å². The standard InChI is InChI=1S/C18H17N3O4/c1-10-18(24)21(2)14-9-11(7-8-15(14)25-10)17(23)20-13-6-4-3-5-12(13)16(19)22/h3-10H,1-2H3,(H2,19,22)(H,20,23). The minimum atomic E-state index is -0.631. The predicted molar refractivity (Wildman–Crippen MR) is 92.9 cm³/mol. The monoisotopic (exact) mass is 339 g/mol. The first-order chi connectivity index (χ1) is 11.9. The van der Waals surface area contributed by atoms with Crippen molar-refractivity contribution in [2.75, 3.05) is 17.3 Å². The van der Waals surface area contributed by atoms with E-state index in [9.17, 15) is 14.4 Å². The van der Waals surface area contributed by atoms with Crippen molar-refractivity contribution in [3.63, 3.8) is 0 Å². The number of amides is 3. The average molecular weight is 339 g/mol. The molecule has 3 amide bonds. The van der Waals surface area contributed by atoms with Crippen LogP contribution in [-0.2, 0) is 4.79 Å². The van der Waals surface area contributed by atoms with Gasteiger partial charge in [0.25, 0.3) is 17.7 Å². The highest BCUT2D eigenvalue weighted by molar-refractivity contribution is 6.10. The SMILES string of the molecule is CC1Oc2ccc(C(=O)Nc3ccccc3C(N)=O)cc2N(C)C1=O. The van der Waals surface area contributed by atoms with Gasteiger partial charge in [0.2, 0.25) is 0 Å². The molecule has 0 bridgehead atoms. The van der Waals surface area contributed by atoms with E-state index in [1.165, 1.54) is 11.0 Å². The van der Waals surface area contributed by atoms with Gasteiger partial charge in [-0.1, -0.05) is 12.1 Å². The van der Waals surface area contributed by atoms with Gasteiger partial charge in [-0.3, -0.25) is 14.4 Å². The molecule has 128 valence electrons. The third-order valence-electron chi connectivity index (χ3n) is 4.01. The van der Waals surface area contributed by atoms with Crippen molar-refractivity contribution in [1.82, 2.24) is 0 Å². The third-order valence-corrected chi connectivity index (χ3v) is 4.01. The van der Waals surface area contributed by atoms with E-state index in [4.69, 9.17) is 10.5 Å². The first kappa shape index (κ1) is 16.5. The lowest BCUT2D eigenvalue weighted by molar-refractivity contribution is -0.125. The fourth-order valence-corrected chi connectivity index (χ4v) is 2.65. The maximum absolute atomic E-state index is 12.5. The predicted octanol–water partition coefficient (Wildman–Crippen LogP) is 1.78. The summed E-state index contributed by atoms with van der Waals surface area (Å²) in [6.45, 7) is 1.67. The van der Waals surface area contributed by atoms with Crippen molar-refractivity contribution < 1.29 is 19.1 Å². The topological polar surface area (TPSA) is 102 Å². The first-order valence-electron chi connectivity index (χ1n) is 7.67. The molecule has 1 atom stereocenters. The van der Waals surface area contributed by atoms with Crippen LogP contribution in [0.3, 0.4) is 0 Å². The van der Waals surface area contributed by atoms with Gasteiger partial charge in [0.05, 0.1) is 16.9 Å². The highest BCUT2D eigenvalue weighted by Gasteiger charge is 2.29. The lowest BCUT2D eigenvalue weighted by Gasteiger charge is -2.30. The molecule has 1 aliphatic heterocycles. The smallest absolute Gasteiger partial charge is 0.267 e. The van der Waals surface area contributed by atoms with Crippen LogP contribution >= 0.6 is 0 Å². The number of anilines is 2. The Labute approximate surface area is 144 Å². The van der Waals surface area contributed by atoms with Crippen LogP contribution in [0.4, 0.5) is 11.4 Å². The van der Waals surface area contributed by atoms with Crippen LogP contribution in [0.25, 0.3) is 0 Å². The second-order valence-electron chi connectivity index (χ2n) is 5.70. The molecule has 25 heavy (non-hydrogen) atoms. The summed E-state index contributed by atoms with van der Waals surface area (Å²) in [6, 6.07) is 11.3. The number of rotatable bonds is 3. The number of hydrogen-bond donors (Lipinski definition) is 2. The van der Waals surface area contributed by atoms with Crippen LogP contribution in [0.1, 0.15) is 27.6 Å². The van der Waals surface area contributed by atoms with E-state index in [0.717, 1.165) is 0 Å². The van der Waals surface area contributed by atoms with Gasteiger partial charge in [0.15, 0.2) is 6.10 Å². The fraction of sp³-hybridized carbons (Fsp3) is 0.167. The van der Waals surface area contributed by atoms with Crippen molar-refractivity contribution in [3.8, 4) is 5.75 Å². The van der Waals surface area contributed by atoms with Crippen molar-refractivity contribution in [3.05, 3.63) is 53.6 Å². The molecule has 7 heteroatoms. The van der Waals surface area contributed by atoms with Crippen LogP contribution in [0.5, 0.6) is 5.75 Å². The van der Waals surface area contributed by atoms with Gasteiger partial charge in [-0.25, -0.2) is 0 Å². The number of likely N-dealkylation sites (N-methyl/N-ethyl adjacent to an activating group) is 1. The summed E-state index contributed by atoms with van der Waals surface area (Å²) in [4.78, 5) is 37.5. The Morgan fingerprint density at radius 1 is 1.20 bits per heavy atom. The molecule has 3 rings (SSSR count). The fourth-order valence-electron chi connectivity index (χ4n) is 2.65. The molecule has 2 aromatic carbocycles. The number of benzene rings is 2. The largest absolute Gasteiger partial charge is 0.479 e. The number of carbonyl (C=O) groups is 3. The summed E-state index contributed by atoms with van der Waals surface area (Å²) in [5.41, 5.74) is 6.70. The molecule has 0 radical (unpaired) electrons. The van der Waals surface area contributed by atoms with Crippen LogP contribution in [0, 0.1) is 0 Å². The molecule has 0 spiro atoms. The Morgan fingerprint density at radius 2 is 1.92 bits per heavy atom. The van der Waals surface area contributed by atoms with Crippen LogP contribution in [0.2, 0.25) is 0 Å².